The Morgan fingerprint density at radius 2 is 2.08 bits per heavy atom. The Morgan fingerprint density at radius 1 is 1.31 bits per heavy atom. The van der Waals surface area contributed by atoms with E-state index in [0.717, 1.165) is 52.5 Å². The molecule has 142 valence electrons. The standard InChI is InChI=1S/C19H27BrFN5/c1-5-22-19(24-12-17-13(2)25-26(4)14(17)3)23-10-6-7-15-8-9-16(20)11-18(15)21/h8-9,11H,5-7,10,12H2,1-4H3,(H2,22,23,24). The molecule has 0 unspecified atom stereocenters. The zero-order valence-electron chi connectivity index (χ0n) is 15.9. The van der Waals surface area contributed by atoms with E-state index in [9.17, 15) is 4.39 Å². The quantitative estimate of drug-likeness (QED) is 0.406. The zero-order valence-corrected chi connectivity index (χ0v) is 17.5. The normalized spacial score (nSPS) is 11.7. The minimum Gasteiger partial charge on any atom is -0.357 e. The van der Waals surface area contributed by atoms with Crippen LogP contribution in [0.1, 0.15) is 35.9 Å². The van der Waals surface area contributed by atoms with Crippen molar-refractivity contribution in [3.8, 4) is 0 Å². The summed E-state index contributed by atoms with van der Waals surface area (Å²) in [6, 6.07) is 5.20. The van der Waals surface area contributed by atoms with E-state index >= 15 is 0 Å². The monoisotopic (exact) mass is 423 g/mol. The molecule has 2 N–H and O–H groups in total. The summed E-state index contributed by atoms with van der Waals surface area (Å²) in [6.07, 6.45) is 1.51. The molecule has 0 spiro atoms. The molecule has 0 bridgehead atoms. The maximum atomic E-state index is 13.8. The van der Waals surface area contributed by atoms with E-state index in [1.807, 2.05) is 37.7 Å². The van der Waals surface area contributed by atoms with Crippen molar-refractivity contribution in [2.45, 2.75) is 40.2 Å². The Labute approximate surface area is 163 Å². The highest BCUT2D eigenvalue weighted by molar-refractivity contribution is 9.10. The first-order chi connectivity index (χ1) is 12.4. The van der Waals surface area contributed by atoms with Crippen molar-refractivity contribution in [1.82, 2.24) is 20.4 Å². The maximum Gasteiger partial charge on any atom is 0.191 e. The van der Waals surface area contributed by atoms with Crippen LogP contribution >= 0.6 is 15.9 Å². The highest BCUT2D eigenvalue weighted by atomic mass is 79.9. The molecular formula is C19H27BrFN5. The van der Waals surface area contributed by atoms with Gasteiger partial charge in [0.1, 0.15) is 5.82 Å². The van der Waals surface area contributed by atoms with Crippen LogP contribution in [0.5, 0.6) is 0 Å². The molecule has 0 radical (unpaired) electrons. The average Bonchev–Trinajstić information content (AvgIpc) is 2.83. The summed E-state index contributed by atoms with van der Waals surface area (Å²) in [5, 5.41) is 11.0. The Morgan fingerprint density at radius 3 is 2.69 bits per heavy atom. The fraction of sp³-hybridized carbons (Fsp3) is 0.474. The molecular weight excluding hydrogens is 397 g/mol. The lowest BCUT2D eigenvalue weighted by molar-refractivity contribution is 0.602. The topological polar surface area (TPSA) is 54.2 Å². The lowest BCUT2D eigenvalue weighted by Gasteiger charge is -2.11. The van der Waals surface area contributed by atoms with Gasteiger partial charge in [0.2, 0.25) is 0 Å². The van der Waals surface area contributed by atoms with Gasteiger partial charge in [-0.25, -0.2) is 9.38 Å². The largest absolute Gasteiger partial charge is 0.357 e. The third-order valence-electron chi connectivity index (χ3n) is 4.33. The number of nitrogens with zero attached hydrogens (tertiary/aromatic N) is 3. The predicted molar refractivity (Wildman–Crippen MR) is 108 cm³/mol. The number of guanidine groups is 1. The molecule has 0 saturated carbocycles. The second-order valence-corrected chi connectivity index (χ2v) is 7.15. The molecule has 0 amide bonds. The van der Waals surface area contributed by atoms with Gasteiger partial charge in [-0.3, -0.25) is 4.68 Å². The number of benzene rings is 1. The molecule has 26 heavy (non-hydrogen) atoms. The second-order valence-electron chi connectivity index (χ2n) is 6.23. The van der Waals surface area contributed by atoms with Crippen LogP contribution in [0.15, 0.2) is 27.7 Å². The molecule has 5 nitrogen and oxygen atoms in total. The van der Waals surface area contributed by atoms with Gasteiger partial charge in [-0.2, -0.15) is 5.10 Å². The summed E-state index contributed by atoms with van der Waals surface area (Å²) in [6.45, 7) is 8.20. The molecule has 7 heteroatoms. The highest BCUT2D eigenvalue weighted by Crippen LogP contribution is 2.16. The molecule has 1 aromatic carbocycles. The minimum absolute atomic E-state index is 0.164. The molecule has 1 aromatic heterocycles. The number of hydrogen-bond donors (Lipinski definition) is 2. The van der Waals surface area contributed by atoms with E-state index in [-0.39, 0.29) is 5.82 Å². The lowest BCUT2D eigenvalue weighted by atomic mass is 10.1. The molecule has 0 atom stereocenters. The van der Waals surface area contributed by atoms with Crippen LogP contribution in [-0.4, -0.2) is 28.8 Å². The van der Waals surface area contributed by atoms with Crippen LogP contribution in [0.2, 0.25) is 0 Å². The van der Waals surface area contributed by atoms with Gasteiger partial charge in [0.25, 0.3) is 0 Å². The Bertz CT molecular complexity index is 770. The Balaban J connectivity index is 1.89. The van der Waals surface area contributed by atoms with Crippen molar-refractivity contribution in [1.29, 1.82) is 0 Å². The number of aromatic nitrogens is 2. The first-order valence-electron chi connectivity index (χ1n) is 8.87. The van der Waals surface area contributed by atoms with Crippen LogP contribution in [0.3, 0.4) is 0 Å². The SMILES string of the molecule is CCNC(=NCc1c(C)nn(C)c1C)NCCCc1ccc(Br)cc1F. The molecule has 2 aromatic rings. The van der Waals surface area contributed by atoms with Crippen LogP contribution in [-0.2, 0) is 20.0 Å². The number of aryl methyl sites for hydroxylation is 3. The number of aliphatic imine (C=N–C) groups is 1. The summed E-state index contributed by atoms with van der Waals surface area (Å²) in [5.74, 6) is 0.605. The van der Waals surface area contributed by atoms with Gasteiger partial charge < -0.3 is 10.6 Å². The van der Waals surface area contributed by atoms with Crippen molar-refractivity contribution in [3.05, 3.63) is 51.0 Å². The van der Waals surface area contributed by atoms with Gasteiger partial charge in [-0.05, 0) is 51.3 Å². The number of halogens is 2. The third-order valence-corrected chi connectivity index (χ3v) is 4.82. The molecule has 0 aliphatic carbocycles. The summed E-state index contributed by atoms with van der Waals surface area (Å²) in [5.41, 5.74) is 4.03. The first-order valence-corrected chi connectivity index (χ1v) is 9.66. The average molecular weight is 424 g/mol. The first kappa shape index (κ1) is 20.4. The van der Waals surface area contributed by atoms with Crippen molar-refractivity contribution in [2.75, 3.05) is 13.1 Å². The minimum atomic E-state index is -0.164. The molecule has 0 fully saturated rings. The summed E-state index contributed by atoms with van der Waals surface area (Å²) in [4.78, 5) is 4.65. The number of rotatable bonds is 7. The van der Waals surface area contributed by atoms with E-state index < -0.39 is 0 Å². The molecule has 0 aliphatic rings. The lowest BCUT2D eigenvalue weighted by Crippen LogP contribution is -2.37. The summed E-state index contributed by atoms with van der Waals surface area (Å²) < 4.78 is 16.5. The van der Waals surface area contributed by atoms with Crippen molar-refractivity contribution >= 4 is 21.9 Å². The van der Waals surface area contributed by atoms with Gasteiger partial charge in [0.15, 0.2) is 5.96 Å². The summed E-state index contributed by atoms with van der Waals surface area (Å²) in [7, 11) is 1.94. The van der Waals surface area contributed by atoms with Gasteiger partial charge in [0.05, 0.1) is 12.2 Å². The Kier molecular flexibility index (Phi) is 7.63. The van der Waals surface area contributed by atoms with Gasteiger partial charge >= 0.3 is 0 Å². The van der Waals surface area contributed by atoms with E-state index in [1.54, 1.807) is 0 Å². The van der Waals surface area contributed by atoms with Gasteiger partial charge in [0, 0.05) is 35.9 Å². The van der Waals surface area contributed by atoms with Gasteiger partial charge in [-0.1, -0.05) is 22.0 Å². The molecule has 0 saturated heterocycles. The fourth-order valence-corrected chi connectivity index (χ4v) is 3.09. The van der Waals surface area contributed by atoms with Crippen LogP contribution < -0.4 is 10.6 Å². The van der Waals surface area contributed by atoms with Crippen LogP contribution in [0.25, 0.3) is 0 Å². The van der Waals surface area contributed by atoms with Crippen LogP contribution in [0, 0.1) is 19.7 Å². The number of nitrogens with one attached hydrogen (secondary N) is 2. The molecule has 0 aliphatic heterocycles. The van der Waals surface area contributed by atoms with Crippen molar-refractivity contribution in [3.63, 3.8) is 0 Å². The molecule has 1 heterocycles. The predicted octanol–water partition coefficient (Wildman–Crippen LogP) is 3.63. The smallest absolute Gasteiger partial charge is 0.191 e. The fourth-order valence-electron chi connectivity index (χ4n) is 2.76. The Hall–Kier alpha value is -1.89. The second kappa shape index (κ2) is 9.71. The van der Waals surface area contributed by atoms with Gasteiger partial charge in [-0.15, -0.1) is 0 Å². The van der Waals surface area contributed by atoms with E-state index in [1.165, 1.54) is 6.07 Å². The summed E-state index contributed by atoms with van der Waals surface area (Å²) >= 11 is 3.28. The van der Waals surface area contributed by atoms with Crippen molar-refractivity contribution < 1.29 is 4.39 Å². The third kappa shape index (κ3) is 5.56. The number of hydrogen-bond acceptors (Lipinski definition) is 2. The van der Waals surface area contributed by atoms with Crippen molar-refractivity contribution in [2.24, 2.45) is 12.0 Å². The zero-order chi connectivity index (χ0) is 19.1. The van der Waals surface area contributed by atoms with E-state index in [0.29, 0.717) is 13.0 Å². The van der Waals surface area contributed by atoms with E-state index in [4.69, 9.17) is 0 Å². The maximum absolute atomic E-state index is 13.8. The molecule has 2 rings (SSSR count). The van der Waals surface area contributed by atoms with Crippen LogP contribution in [0.4, 0.5) is 4.39 Å². The van der Waals surface area contributed by atoms with E-state index in [2.05, 4.69) is 43.6 Å². The highest BCUT2D eigenvalue weighted by Gasteiger charge is 2.09.